The predicted octanol–water partition coefficient (Wildman–Crippen LogP) is 2.26. The SMILES string of the molecule is CCOC(=O)CCN(CCCOC)C(=O)c1ccccc1F. The summed E-state index contributed by atoms with van der Waals surface area (Å²) in [6.07, 6.45) is 0.695. The maximum Gasteiger partial charge on any atom is 0.307 e. The molecule has 0 aliphatic carbocycles. The quantitative estimate of drug-likeness (QED) is 0.518. The molecule has 0 spiro atoms. The van der Waals surface area contributed by atoms with Crippen LogP contribution in [0, 0.1) is 5.82 Å². The molecule has 1 aromatic carbocycles. The van der Waals surface area contributed by atoms with Crippen LogP contribution in [0.1, 0.15) is 30.1 Å². The van der Waals surface area contributed by atoms with Gasteiger partial charge in [-0.15, -0.1) is 0 Å². The normalized spacial score (nSPS) is 10.3. The Balaban J connectivity index is 2.73. The van der Waals surface area contributed by atoms with Crippen molar-refractivity contribution in [3.8, 4) is 0 Å². The minimum atomic E-state index is -0.569. The molecule has 1 rings (SSSR count). The Labute approximate surface area is 130 Å². The third-order valence-electron chi connectivity index (χ3n) is 3.06. The van der Waals surface area contributed by atoms with Crippen molar-refractivity contribution in [3.63, 3.8) is 0 Å². The Morgan fingerprint density at radius 1 is 1.23 bits per heavy atom. The number of carbonyl (C=O) groups excluding carboxylic acids is 2. The zero-order valence-electron chi connectivity index (χ0n) is 13.0. The van der Waals surface area contributed by atoms with Crippen LogP contribution in [0.15, 0.2) is 24.3 Å². The molecule has 0 saturated carbocycles. The largest absolute Gasteiger partial charge is 0.466 e. The lowest BCUT2D eigenvalue weighted by Crippen LogP contribution is -2.35. The topological polar surface area (TPSA) is 55.8 Å². The number of ether oxygens (including phenoxy) is 2. The van der Waals surface area contributed by atoms with Crippen molar-refractivity contribution in [1.29, 1.82) is 0 Å². The van der Waals surface area contributed by atoms with Crippen LogP contribution in [0.2, 0.25) is 0 Å². The fourth-order valence-corrected chi connectivity index (χ4v) is 1.98. The van der Waals surface area contributed by atoms with Gasteiger partial charge in [-0.3, -0.25) is 9.59 Å². The lowest BCUT2D eigenvalue weighted by Gasteiger charge is -2.22. The molecule has 0 fully saturated rings. The Kier molecular flexibility index (Phi) is 8.14. The lowest BCUT2D eigenvalue weighted by molar-refractivity contribution is -0.143. The first-order valence-corrected chi connectivity index (χ1v) is 7.28. The zero-order chi connectivity index (χ0) is 16.4. The zero-order valence-corrected chi connectivity index (χ0v) is 13.0. The van der Waals surface area contributed by atoms with Gasteiger partial charge in [0, 0.05) is 26.8 Å². The van der Waals surface area contributed by atoms with Gasteiger partial charge in [0.15, 0.2) is 0 Å². The van der Waals surface area contributed by atoms with Crippen LogP contribution in [0.4, 0.5) is 4.39 Å². The molecule has 1 aromatic rings. The molecular formula is C16H22FNO4. The second kappa shape index (κ2) is 9.89. The number of rotatable bonds is 9. The summed E-state index contributed by atoms with van der Waals surface area (Å²) in [5.74, 6) is -1.38. The van der Waals surface area contributed by atoms with E-state index >= 15 is 0 Å². The van der Waals surface area contributed by atoms with E-state index < -0.39 is 11.7 Å². The summed E-state index contributed by atoms with van der Waals surface area (Å²) in [7, 11) is 1.57. The van der Waals surface area contributed by atoms with E-state index in [2.05, 4.69) is 0 Å². The van der Waals surface area contributed by atoms with E-state index in [1.807, 2.05) is 0 Å². The Hall–Kier alpha value is -1.95. The minimum absolute atomic E-state index is 0.00350. The van der Waals surface area contributed by atoms with Gasteiger partial charge in [-0.2, -0.15) is 0 Å². The first-order valence-electron chi connectivity index (χ1n) is 7.28. The molecule has 0 atom stereocenters. The van der Waals surface area contributed by atoms with E-state index in [1.54, 1.807) is 20.1 Å². The average molecular weight is 311 g/mol. The average Bonchev–Trinajstić information content (AvgIpc) is 2.51. The molecule has 0 heterocycles. The third kappa shape index (κ3) is 5.81. The van der Waals surface area contributed by atoms with Crippen LogP contribution >= 0.6 is 0 Å². The molecule has 0 saturated heterocycles. The molecule has 1 amide bonds. The molecule has 22 heavy (non-hydrogen) atoms. The van der Waals surface area contributed by atoms with Gasteiger partial charge in [-0.25, -0.2) is 4.39 Å². The Morgan fingerprint density at radius 2 is 1.95 bits per heavy atom. The monoisotopic (exact) mass is 311 g/mol. The minimum Gasteiger partial charge on any atom is -0.466 e. The lowest BCUT2D eigenvalue weighted by atomic mass is 10.1. The highest BCUT2D eigenvalue weighted by molar-refractivity contribution is 5.94. The molecule has 6 heteroatoms. The summed E-state index contributed by atoms with van der Waals surface area (Å²) in [6, 6.07) is 5.81. The Morgan fingerprint density at radius 3 is 2.59 bits per heavy atom. The standard InChI is InChI=1S/C16H22FNO4/c1-3-22-15(19)9-11-18(10-6-12-21-2)16(20)13-7-4-5-8-14(13)17/h4-5,7-8H,3,6,9-12H2,1-2H3. The number of nitrogens with zero attached hydrogens (tertiary/aromatic N) is 1. The number of amides is 1. The van der Waals surface area contributed by atoms with E-state index in [-0.39, 0.29) is 24.5 Å². The summed E-state index contributed by atoms with van der Waals surface area (Å²) >= 11 is 0. The fourth-order valence-electron chi connectivity index (χ4n) is 1.98. The molecule has 0 unspecified atom stereocenters. The number of esters is 1. The van der Waals surface area contributed by atoms with Crippen molar-refractivity contribution < 1.29 is 23.5 Å². The van der Waals surface area contributed by atoms with E-state index in [4.69, 9.17) is 9.47 Å². The molecule has 0 radical (unpaired) electrons. The van der Waals surface area contributed by atoms with Crippen molar-refractivity contribution in [2.75, 3.05) is 33.4 Å². The maximum absolute atomic E-state index is 13.7. The fraction of sp³-hybridized carbons (Fsp3) is 0.500. The second-order valence-electron chi connectivity index (χ2n) is 4.67. The van der Waals surface area contributed by atoms with E-state index in [0.717, 1.165) is 0 Å². The van der Waals surface area contributed by atoms with Gasteiger partial charge >= 0.3 is 5.97 Å². The number of hydrogen-bond acceptors (Lipinski definition) is 4. The molecular weight excluding hydrogens is 289 g/mol. The molecule has 5 nitrogen and oxygen atoms in total. The number of carbonyl (C=O) groups is 2. The van der Waals surface area contributed by atoms with E-state index in [9.17, 15) is 14.0 Å². The number of methoxy groups -OCH3 is 1. The number of benzene rings is 1. The van der Waals surface area contributed by atoms with Crippen LogP contribution in [-0.4, -0.2) is 50.2 Å². The van der Waals surface area contributed by atoms with E-state index in [0.29, 0.717) is 26.2 Å². The van der Waals surface area contributed by atoms with Crippen molar-refractivity contribution in [2.24, 2.45) is 0 Å². The maximum atomic E-state index is 13.7. The molecule has 0 bridgehead atoms. The molecule has 0 aliphatic heterocycles. The molecule has 0 N–H and O–H groups in total. The first-order chi connectivity index (χ1) is 10.6. The van der Waals surface area contributed by atoms with Gasteiger partial charge in [0.05, 0.1) is 18.6 Å². The van der Waals surface area contributed by atoms with Crippen LogP contribution in [-0.2, 0) is 14.3 Å². The summed E-state index contributed by atoms with van der Waals surface area (Å²) in [5.41, 5.74) is 0.00350. The summed E-state index contributed by atoms with van der Waals surface area (Å²) in [5, 5.41) is 0. The summed E-state index contributed by atoms with van der Waals surface area (Å²) < 4.78 is 23.6. The van der Waals surface area contributed by atoms with Gasteiger partial charge < -0.3 is 14.4 Å². The van der Waals surface area contributed by atoms with Gasteiger partial charge in [0.25, 0.3) is 5.91 Å². The molecule has 0 aliphatic rings. The smallest absolute Gasteiger partial charge is 0.307 e. The highest BCUT2D eigenvalue weighted by Crippen LogP contribution is 2.11. The van der Waals surface area contributed by atoms with Crippen LogP contribution < -0.4 is 0 Å². The van der Waals surface area contributed by atoms with Crippen molar-refractivity contribution in [3.05, 3.63) is 35.6 Å². The van der Waals surface area contributed by atoms with Crippen LogP contribution in [0.5, 0.6) is 0 Å². The van der Waals surface area contributed by atoms with Gasteiger partial charge in [0.2, 0.25) is 0 Å². The number of halogens is 1. The van der Waals surface area contributed by atoms with Crippen LogP contribution in [0.3, 0.4) is 0 Å². The van der Waals surface area contributed by atoms with Crippen molar-refractivity contribution in [1.82, 2.24) is 4.90 Å². The highest BCUT2D eigenvalue weighted by atomic mass is 19.1. The number of hydrogen-bond donors (Lipinski definition) is 0. The van der Waals surface area contributed by atoms with E-state index in [1.165, 1.54) is 23.1 Å². The van der Waals surface area contributed by atoms with Crippen LogP contribution in [0.25, 0.3) is 0 Å². The highest BCUT2D eigenvalue weighted by Gasteiger charge is 2.19. The van der Waals surface area contributed by atoms with Gasteiger partial charge in [-0.1, -0.05) is 12.1 Å². The summed E-state index contributed by atoms with van der Waals surface area (Å²) in [4.78, 5) is 25.3. The van der Waals surface area contributed by atoms with Gasteiger partial charge in [0.1, 0.15) is 5.82 Å². The summed E-state index contributed by atoms with van der Waals surface area (Å²) in [6.45, 7) is 3.08. The third-order valence-corrected chi connectivity index (χ3v) is 3.06. The van der Waals surface area contributed by atoms with Crippen molar-refractivity contribution in [2.45, 2.75) is 19.8 Å². The second-order valence-corrected chi connectivity index (χ2v) is 4.67. The molecule has 122 valence electrons. The predicted molar refractivity (Wildman–Crippen MR) is 80.0 cm³/mol. The van der Waals surface area contributed by atoms with Crippen molar-refractivity contribution >= 4 is 11.9 Å². The Bertz CT molecular complexity index is 493. The molecule has 0 aromatic heterocycles. The van der Waals surface area contributed by atoms with Gasteiger partial charge in [-0.05, 0) is 25.5 Å². The first kappa shape index (κ1) is 18.1.